The first-order valence-corrected chi connectivity index (χ1v) is 6.43. The molecule has 0 aromatic heterocycles. The van der Waals surface area contributed by atoms with Gasteiger partial charge in [0.25, 0.3) is 0 Å². The third-order valence-corrected chi connectivity index (χ3v) is 3.41. The molecule has 0 saturated carbocycles. The number of aliphatic hydroxyl groups excluding tert-OH is 1. The lowest BCUT2D eigenvalue weighted by Gasteiger charge is -2.14. The van der Waals surface area contributed by atoms with Gasteiger partial charge < -0.3 is 5.11 Å². The van der Waals surface area contributed by atoms with E-state index in [1.165, 1.54) is 0 Å². The highest BCUT2D eigenvalue weighted by Crippen LogP contribution is 2.23. The Hall–Kier alpha value is -0.440. The molecule has 0 bridgehead atoms. The number of allylic oxidation sites excluding steroid dienone is 2. The fourth-order valence-corrected chi connectivity index (χ4v) is 2.30. The molecule has 1 rings (SSSR count). The Kier molecular flexibility index (Phi) is 5.09. The van der Waals surface area contributed by atoms with Crippen molar-refractivity contribution >= 4 is 17.5 Å². The van der Waals surface area contributed by atoms with Gasteiger partial charge in [0.05, 0.1) is 5.76 Å². The Morgan fingerprint density at radius 3 is 2.86 bits per heavy atom. The molecule has 0 aromatic carbocycles. The zero-order chi connectivity index (χ0) is 10.4. The molecule has 0 heterocycles. The molecule has 1 N–H and O–H groups in total. The molecule has 0 atom stereocenters. The molecule has 0 unspecified atom stereocenters. The first-order valence-electron chi connectivity index (χ1n) is 5.27. The summed E-state index contributed by atoms with van der Waals surface area (Å²) in [7, 11) is 0. The Labute approximate surface area is 89.8 Å². The number of rotatable bonds is 5. The van der Waals surface area contributed by atoms with Gasteiger partial charge in [-0.05, 0) is 30.8 Å². The van der Waals surface area contributed by atoms with Crippen molar-refractivity contribution in [2.45, 2.75) is 39.0 Å². The lowest BCUT2D eigenvalue weighted by Crippen LogP contribution is -2.11. The average Bonchev–Trinajstić information content (AvgIpc) is 2.16. The minimum Gasteiger partial charge on any atom is -0.512 e. The standard InChI is InChI=1S/C11H18O2S/c1-2-14-8-4-5-9-10(12)6-3-7-11(9)13/h12H,2-8H2,1H3. The lowest BCUT2D eigenvalue weighted by molar-refractivity contribution is -0.116. The lowest BCUT2D eigenvalue weighted by atomic mass is 9.93. The molecule has 0 fully saturated rings. The summed E-state index contributed by atoms with van der Waals surface area (Å²) in [6.45, 7) is 2.13. The fraction of sp³-hybridized carbons (Fsp3) is 0.727. The highest BCUT2D eigenvalue weighted by molar-refractivity contribution is 7.99. The van der Waals surface area contributed by atoms with Gasteiger partial charge in [-0.25, -0.2) is 0 Å². The summed E-state index contributed by atoms with van der Waals surface area (Å²) >= 11 is 1.88. The van der Waals surface area contributed by atoms with Crippen LogP contribution in [-0.4, -0.2) is 22.4 Å². The first kappa shape index (κ1) is 11.6. The summed E-state index contributed by atoms with van der Waals surface area (Å²) in [4.78, 5) is 11.4. The highest BCUT2D eigenvalue weighted by Gasteiger charge is 2.19. The van der Waals surface area contributed by atoms with Crippen molar-refractivity contribution in [1.29, 1.82) is 0 Å². The van der Waals surface area contributed by atoms with E-state index in [1.807, 2.05) is 11.8 Å². The van der Waals surface area contributed by atoms with Gasteiger partial charge in [-0.15, -0.1) is 0 Å². The van der Waals surface area contributed by atoms with Crippen LogP contribution in [0.3, 0.4) is 0 Å². The third kappa shape index (κ3) is 3.37. The number of hydrogen-bond donors (Lipinski definition) is 1. The van der Waals surface area contributed by atoms with E-state index in [1.54, 1.807) is 0 Å². The average molecular weight is 214 g/mol. The summed E-state index contributed by atoms with van der Waals surface area (Å²) in [6, 6.07) is 0. The van der Waals surface area contributed by atoms with Crippen molar-refractivity contribution in [1.82, 2.24) is 0 Å². The molecular formula is C11H18O2S. The van der Waals surface area contributed by atoms with Crippen LogP contribution in [0.2, 0.25) is 0 Å². The van der Waals surface area contributed by atoms with Crippen LogP contribution in [0.5, 0.6) is 0 Å². The van der Waals surface area contributed by atoms with Crippen LogP contribution >= 0.6 is 11.8 Å². The normalized spacial score (nSPS) is 17.6. The summed E-state index contributed by atoms with van der Waals surface area (Å²) in [5, 5.41) is 9.55. The van der Waals surface area contributed by atoms with Gasteiger partial charge in [0.15, 0.2) is 5.78 Å². The fourth-order valence-electron chi connectivity index (χ4n) is 1.66. The minimum atomic E-state index is 0.162. The van der Waals surface area contributed by atoms with E-state index in [0.717, 1.165) is 30.8 Å². The van der Waals surface area contributed by atoms with E-state index in [0.29, 0.717) is 24.2 Å². The van der Waals surface area contributed by atoms with Gasteiger partial charge in [0.2, 0.25) is 0 Å². The monoisotopic (exact) mass is 214 g/mol. The number of ketones is 1. The van der Waals surface area contributed by atoms with Gasteiger partial charge in [0.1, 0.15) is 0 Å². The van der Waals surface area contributed by atoms with Gasteiger partial charge in [-0.1, -0.05) is 6.92 Å². The smallest absolute Gasteiger partial charge is 0.162 e. The van der Waals surface area contributed by atoms with Crippen LogP contribution in [0.25, 0.3) is 0 Å². The summed E-state index contributed by atoms with van der Waals surface area (Å²) in [5.41, 5.74) is 0.702. The van der Waals surface area contributed by atoms with Crippen LogP contribution in [0.1, 0.15) is 39.0 Å². The Balaban J connectivity index is 2.37. The predicted molar refractivity (Wildman–Crippen MR) is 60.7 cm³/mol. The molecule has 0 amide bonds. The van der Waals surface area contributed by atoms with E-state index in [9.17, 15) is 9.90 Å². The zero-order valence-electron chi connectivity index (χ0n) is 8.71. The van der Waals surface area contributed by atoms with Gasteiger partial charge >= 0.3 is 0 Å². The van der Waals surface area contributed by atoms with Gasteiger partial charge in [-0.3, -0.25) is 4.79 Å². The molecule has 1 aliphatic carbocycles. The second kappa shape index (κ2) is 6.12. The molecule has 14 heavy (non-hydrogen) atoms. The molecule has 2 nitrogen and oxygen atoms in total. The van der Waals surface area contributed by atoms with Crippen molar-refractivity contribution in [3.63, 3.8) is 0 Å². The number of carbonyl (C=O) groups excluding carboxylic acids is 1. The van der Waals surface area contributed by atoms with Gasteiger partial charge in [0, 0.05) is 18.4 Å². The van der Waals surface area contributed by atoms with Crippen LogP contribution in [-0.2, 0) is 4.79 Å². The number of carbonyl (C=O) groups is 1. The summed E-state index contributed by atoms with van der Waals surface area (Å²) < 4.78 is 0. The molecule has 80 valence electrons. The zero-order valence-corrected chi connectivity index (χ0v) is 9.53. The van der Waals surface area contributed by atoms with Crippen molar-refractivity contribution in [2.24, 2.45) is 0 Å². The van der Waals surface area contributed by atoms with Gasteiger partial charge in [-0.2, -0.15) is 11.8 Å². The maximum atomic E-state index is 11.4. The SMILES string of the molecule is CCSCCCC1=C(O)CCCC1=O. The number of Topliss-reactive ketones (excluding diaryl/α,β-unsaturated/α-hetero) is 1. The third-order valence-electron chi connectivity index (χ3n) is 2.42. The minimum absolute atomic E-state index is 0.162. The van der Waals surface area contributed by atoms with Crippen molar-refractivity contribution in [3.8, 4) is 0 Å². The van der Waals surface area contributed by atoms with E-state index >= 15 is 0 Å². The Morgan fingerprint density at radius 2 is 2.21 bits per heavy atom. The number of aliphatic hydroxyl groups is 1. The van der Waals surface area contributed by atoms with Crippen LogP contribution in [0, 0.1) is 0 Å². The maximum Gasteiger partial charge on any atom is 0.162 e. The molecule has 3 heteroatoms. The molecule has 0 aliphatic heterocycles. The number of hydrogen-bond acceptors (Lipinski definition) is 3. The van der Waals surface area contributed by atoms with Crippen LogP contribution < -0.4 is 0 Å². The topological polar surface area (TPSA) is 37.3 Å². The molecule has 0 saturated heterocycles. The molecule has 1 aliphatic rings. The van der Waals surface area contributed by atoms with Crippen molar-refractivity contribution in [3.05, 3.63) is 11.3 Å². The molecular weight excluding hydrogens is 196 g/mol. The van der Waals surface area contributed by atoms with Crippen molar-refractivity contribution in [2.75, 3.05) is 11.5 Å². The highest BCUT2D eigenvalue weighted by atomic mass is 32.2. The second-order valence-electron chi connectivity index (χ2n) is 3.50. The molecule has 0 aromatic rings. The largest absolute Gasteiger partial charge is 0.512 e. The maximum absolute atomic E-state index is 11.4. The Morgan fingerprint density at radius 1 is 1.43 bits per heavy atom. The Bertz CT molecular complexity index is 233. The molecule has 0 radical (unpaired) electrons. The second-order valence-corrected chi connectivity index (χ2v) is 4.90. The first-order chi connectivity index (χ1) is 6.75. The summed E-state index contributed by atoms with van der Waals surface area (Å²) in [5.74, 6) is 2.72. The van der Waals surface area contributed by atoms with Crippen LogP contribution in [0.4, 0.5) is 0 Å². The van der Waals surface area contributed by atoms with Crippen LogP contribution in [0.15, 0.2) is 11.3 Å². The van der Waals surface area contributed by atoms with Crippen molar-refractivity contribution < 1.29 is 9.90 Å². The molecule has 0 spiro atoms. The predicted octanol–water partition coefficient (Wildman–Crippen LogP) is 3.08. The van der Waals surface area contributed by atoms with E-state index in [-0.39, 0.29) is 5.78 Å². The van der Waals surface area contributed by atoms with E-state index < -0.39 is 0 Å². The number of thioether (sulfide) groups is 1. The van der Waals surface area contributed by atoms with E-state index in [2.05, 4.69) is 6.92 Å². The van der Waals surface area contributed by atoms with E-state index in [4.69, 9.17) is 0 Å². The quantitative estimate of drug-likeness (QED) is 0.715. The summed E-state index contributed by atoms with van der Waals surface area (Å²) in [6.07, 6.45) is 3.90.